The molecule has 0 spiro atoms. The summed E-state index contributed by atoms with van der Waals surface area (Å²) < 4.78 is 0.771. The fraction of sp³-hybridized carbons (Fsp3) is 0.278. The van der Waals surface area contributed by atoms with Crippen LogP contribution in [0.5, 0.6) is 0 Å². The minimum atomic E-state index is -0.349. The molecular formula is C18H19BrClN4P. The molecule has 0 atom stereocenters. The van der Waals surface area contributed by atoms with Crippen LogP contribution in [0.2, 0.25) is 5.28 Å². The SMILES string of the molecule is CC(C)c1ccc2c(P(C)C)c(Nc3nc(Cl)ncc3Br)ccc2n1. The summed E-state index contributed by atoms with van der Waals surface area (Å²) in [7, 11) is -0.349. The van der Waals surface area contributed by atoms with E-state index in [-0.39, 0.29) is 13.2 Å². The van der Waals surface area contributed by atoms with E-state index >= 15 is 0 Å². The van der Waals surface area contributed by atoms with Crippen LogP contribution in [0.4, 0.5) is 11.5 Å². The molecule has 2 heterocycles. The molecule has 0 radical (unpaired) electrons. The Labute approximate surface area is 162 Å². The van der Waals surface area contributed by atoms with Crippen molar-refractivity contribution in [2.75, 3.05) is 18.6 Å². The Kier molecular flexibility index (Phi) is 5.57. The molecule has 25 heavy (non-hydrogen) atoms. The Hall–Kier alpha value is -1.29. The third-order valence-corrected chi connectivity index (χ3v) is 6.01. The van der Waals surface area contributed by atoms with E-state index < -0.39 is 0 Å². The van der Waals surface area contributed by atoms with E-state index in [0.717, 1.165) is 21.4 Å². The molecule has 3 rings (SSSR count). The molecule has 0 aliphatic carbocycles. The zero-order chi connectivity index (χ0) is 18.1. The van der Waals surface area contributed by atoms with Crippen molar-refractivity contribution < 1.29 is 0 Å². The van der Waals surface area contributed by atoms with Gasteiger partial charge in [0.2, 0.25) is 5.28 Å². The van der Waals surface area contributed by atoms with Gasteiger partial charge in [-0.2, -0.15) is 4.98 Å². The summed E-state index contributed by atoms with van der Waals surface area (Å²) in [4.78, 5) is 13.1. The average molecular weight is 438 g/mol. The summed E-state index contributed by atoms with van der Waals surface area (Å²) in [6.45, 7) is 8.81. The van der Waals surface area contributed by atoms with Crippen LogP contribution in [-0.4, -0.2) is 28.3 Å². The quantitative estimate of drug-likeness (QED) is 0.422. The molecule has 0 fully saturated rings. The number of anilines is 2. The van der Waals surface area contributed by atoms with Crippen molar-refractivity contribution in [2.24, 2.45) is 0 Å². The van der Waals surface area contributed by atoms with Gasteiger partial charge in [0, 0.05) is 28.3 Å². The number of hydrogen-bond acceptors (Lipinski definition) is 4. The zero-order valence-corrected chi connectivity index (χ0v) is 17.7. The lowest BCUT2D eigenvalue weighted by molar-refractivity contribution is 0.830. The van der Waals surface area contributed by atoms with Gasteiger partial charge in [-0.15, -0.1) is 0 Å². The van der Waals surface area contributed by atoms with Crippen molar-refractivity contribution in [3.8, 4) is 0 Å². The third-order valence-electron chi connectivity index (χ3n) is 3.87. The Balaban J connectivity index is 2.13. The normalized spacial score (nSPS) is 11.5. The summed E-state index contributed by atoms with van der Waals surface area (Å²) in [5, 5.41) is 6.07. The van der Waals surface area contributed by atoms with Crippen LogP contribution in [0.3, 0.4) is 0 Å². The number of hydrogen-bond donors (Lipinski definition) is 1. The maximum Gasteiger partial charge on any atom is 0.224 e. The molecule has 0 saturated heterocycles. The molecule has 0 aliphatic heterocycles. The summed E-state index contributed by atoms with van der Waals surface area (Å²) in [5.74, 6) is 1.07. The van der Waals surface area contributed by atoms with Gasteiger partial charge in [0.1, 0.15) is 5.82 Å². The molecule has 0 amide bonds. The molecule has 130 valence electrons. The van der Waals surface area contributed by atoms with Crippen molar-refractivity contribution in [2.45, 2.75) is 19.8 Å². The average Bonchev–Trinajstić information content (AvgIpc) is 2.57. The Morgan fingerprint density at radius 2 is 1.88 bits per heavy atom. The van der Waals surface area contributed by atoms with Gasteiger partial charge in [0.05, 0.1) is 9.99 Å². The fourth-order valence-electron chi connectivity index (χ4n) is 2.67. The highest BCUT2D eigenvalue weighted by Gasteiger charge is 2.15. The number of pyridine rings is 1. The highest BCUT2D eigenvalue weighted by molar-refractivity contribution is 9.10. The van der Waals surface area contributed by atoms with Crippen molar-refractivity contribution in [3.63, 3.8) is 0 Å². The van der Waals surface area contributed by atoms with Crippen LogP contribution >= 0.6 is 35.5 Å². The first-order valence-corrected chi connectivity index (χ1v) is 11.3. The molecule has 0 unspecified atom stereocenters. The van der Waals surface area contributed by atoms with Crippen LogP contribution in [-0.2, 0) is 0 Å². The van der Waals surface area contributed by atoms with Crippen LogP contribution in [0.15, 0.2) is 34.9 Å². The number of halogens is 2. The maximum atomic E-state index is 5.94. The van der Waals surface area contributed by atoms with Crippen LogP contribution in [0, 0.1) is 0 Å². The van der Waals surface area contributed by atoms with Crippen molar-refractivity contribution in [3.05, 3.63) is 45.9 Å². The molecule has 4 nitrogen and oxygen atoms in total. The molecular weight excluding hydrogens is 419 g/mol. The molecule has 1 aromatic carbocycles. The zero-order valence-electron chi connectivity index (χ0n) is 14.5. The molecule has 1 N–H and O–H groups in total. The van der Waals surface area contributed by atoms with Gasteiger partial charge < -0.3 is 5.32 Å². The topological polar surface area (TPSA) is 50.7 Å². The maximum absolute atomic E-state index is 5.94. The molecule has 3 aromatic rings. The number of benzene rings is 1. The lowest BCUT2D eigenvalue weighted by Gasteiger charge is -2.18. The molecule has 0 bridgehead atoms. The number of nitrogens with one attached hydrogen (secondary N) is 1. The second-order valence-electron chi connectivity index (χ2n) is 6.27. The third kappa shape index (κ3) is 3.94. The standard InChI is InChI=1S/C18H19BrClN4P/c1-10(2)13-6-5-11-14(22-13)7-8-15(16(11)25(3)4)23-17-12(19)9-21-18(20)24-17/h5-10H,1-4H3,(H,21,23,24). The van der Waals surface area contributed by atoms with E-state index in [4.69, 9.17) is 16.6 Å². The van der Waals surface area contributed by atoms with Gasteiger partial charge in [0.25, 0.3) is 0 Å². The molecule has 0 saturated carbocycles. The fourth-order valence-corrected chi connectivity index (χ4v) is 4.38. The monoisotopic (exact) mass is 436 g/mol. The smallest absolute Gasteiger partial charge is 0.224 e. The lowest BCUT2D eigenvalue weighted by Crippen LogP contribution is -2.11. The minimum Gasteiger partial charge on any atom is -0.339 e. The number of fused-ring (bicyclic) bond motifs is 1. The van der Waals surface area contributed by atoms with Crippen LogP contribution < -0.4 is 10.6 Å². The Morgan fingerprint density at radius 1 is 1.12 bits per heavy atom. The van der Waals surface area contributed by atoms with Gasteiger partial charge in [-0.1, -0.05) is 27.8 Å². The largest absolute Gasteiger partial charge is 0.339 e. The van der Waals surface area contributed by atoms with Gasteiger partial charge in [-0.05, 0) is 65.0 Å². The Morgan fingerprint density at radius 3 is 2.56 bits per heavy atom. The summed E-state index contributed by atoms with van der Waals surface area (Å²) >= 11 is 9.41. The number of rotatable bonds is 4. The number of nitrogens with zero attached hydrogens (tertiary/aromatic N) is 3. The van der Waals surface area contributed by atoms with Gasteiger partial charge in [-0.25, -0.2) is 4.98 Å². The lowest BCUT2D eigenvalue weighted by atomic mass is 10.1. The van der Waals surface area contributed by atoms with Gasteiger partial charge in [0.15, 0.2) is 0 Å². The first-order valence-electron chi connectivity index (χ1n) is 7.93. The second-order valence-corrected chi connectivity index (χ2v) is 9.70. The van der Waals surface area contributed by atoms with E-state index in [2.05, 4.69) is 82.7 Å². The van der Waals surface area contributed by atoms with Crippen LogP contribution in [0.25, 0.3) is 10.9 Å². The van der Waals surface area contributed by atoms with Crippen molar-refractivity contribution >= 4 is 63.2 Å². The summed E-state index contributed by atoms with van der Waals surface area (Å²) in [5.41, 5.74) is 3.17. The van der Waals surface area contributed by atoms with E-state index in [9.17, 15) is 0 Å². The molecule has 0 aliphatic rings. The first kappa shape index (κ1) is 18.5. The van der Waals surface area contributed by atoms with Gasteiger partial charge in [-0.3, -0.25) is 4.98 Å². The summed E-state index contributed by atoms with van der Waals surface area (Å²) in [6.07, 6.45) is 1.65. The summed E-state index contributed by atoms with van der Waals surface area (Å²) in [6, 6.07) is 8.43. The van der Waals surface area contributed by atoms with E-state index in [1.807, 2.05) is 0 Å². The first-order chi connectivity index (χ1) is 11.9. The van der Waals surface area contributed by atoms with E-state index in [1.54, 1.807) is 6.20 Å². The van der Waals surface area contributed by atoms with Crippen molar-refractivity contribution in [1.29, 1.82) is 0 Å². The Bertz CT molecular complexity index is 930. The predicted octanol–water partition coefficient (Wildman–Crippen LogP) is 5.67. The predicted molar refractivity (Wildman–Crippen MR) is 112 cm³/mol. The number of aromatic nitrogens is 3. The highest BCUT2D eigenvalue weighted by atomic mass is 79.9. The molecule has 7 heteroatoms. The van der Waals surface area contributed by atoms with Gasteiger partial charge >= 0.3 is 0 Å². The molecule has 2 aromatic heterocycles. The van der Waals surface area contributed by atoms with Crippen molar-refractivity contribution in [1.82, 2.24) is 15.0 Å². The van der Waals surface area contributed by atoms with E-state index in [0.29, 0.717) is 11.7 Å². The minimum absolute atomic E-state index is 0.214. The second kappa shape index (κ2) is 7.53. The van der Waals surface area contributed by atoms with E-state index in [1.165, 1.54) is 10.7 Å². The van der Waals surface area contributed by atoms with Crippen LogP contribution in [0.1, 0.15) is 25.5 Å². The highest BCUT2D eigenvalue weighted by Crippen LogP contribution is 2.35.